The van der Waals surface area contributed by atoms with Crippen LogP contribution in [-0.4, -0.2) is 19.4 Å². The largest absolute Gasteiger partial charge is 0.153 e. The van der Waals surface area contributed by atoms with Crippen molar-refractivity contribution >= 4 is 29.3 Å². The van der Waals surface area contributed by atoms with Crippen LogP contribution in [0.4, 0.5) is 0 Å². The zero-order valence-electron chi connectivity index (χ0n) is 1.81. The van der Waals surface area contributed by atoms with Gasteiger partial charge in [0.05, 0.1) is 8.41 Å². The molecule has 46 valence electrons. The van der Waals surface area contributed by atoms with E-state index < -0.39 is 0 Å². The minimum Gasteiger partial charge on any atom is -0.153 e. The SMILES string of the molecule is B.P.[Cu].[Fe].[Nb].[SiH4]. The van der Waals surface area contributed by atoms with Gasteiger partial charge in [0.15, 0.2) is 0 Å². The van der Waals surface area contributed by atoms with Crippen molar-refractivity contribution in [3.8, 4) is 0 Å². The maximum absolute atomic E-state index is 0. The molecule has 0 aromatic carbocycles. The van der Waals surface area contributed by atoms with Gasteiger partial charge in [-0.25, -0.2) is 0 Å². The fraction of sp³-hybridized carbons (Fsp3) is 0. The van der Waals surface area contributed by atoms with Gasteiger partial charge in [-0.3, -0.25) is 0 Å². The fourth-order valence-electron chi connectivity index (χ4n) is 0. The normalized spacial score (nSPS) is 0. The van der Waals surface area contributed by atoms with E-state index in [2.05, 4.69) is 0 Å². The van der Waals surface area contributed by atoms with Gasteiger partial charge in [-0.15, -0.1) is 0 Å². The summed E-state index contributed by atoms with van der Waals surface area (Å²) in [6.45, 7) is 0. The molecule has 0 saturated carbocycles. The van der Waals surface area contributed by atoms with Gasteiger partial charge in [0.1, 0.15) is 0 Å². The van der Waals surface area contributed by atoms with E-state index in [9.17, 15) is 0 Å². The molecule has 2 radical (unpaired) electrons. The van der Waals surface area contributed by atoms with Crippen molar-refractivity contribution < 1.29 is 56.5 Å². The molecule has 0 spiro atoms. The van der Waals surface area contributed by atoms with E-state index in [1.54, 1.807) is 0 Å². The zero-order valence-corrected chi connectivity index (χ0v) is 7.47. The molecule has 0 fully saturated rings. The Balaban J connectivity index is 0. The van der Waals surface area contributed by atoms with E-state index in [1.807, 2.05) is 0 Å². The summed E-state index contributed by atoms with van der Waals surface area (Å²) in [6.07, 6.45) is 0. The maximum atomic E-state index is 0. The van der Waals surface area contributed by atoms with Crippen molar-refractivity contribution in [3.05, 3.63) is 0 Å². The van der Waals surface area contributed by atoms with Crippen LogP contribution in [-0.2, 0) is 56.5 Å². The second-order valence-electron chi connectivity index (χ2n) is 0. The average molecular weight is 292 g/mol. The Kier molecular flexibility index (Phi) is 651. The molecule has 0 aliphatic heterocycles. The van der Waals surface area contributed by atoms with Gasteiger partial charge in [-0.1, -0.05) is 0 Å². The van der Waals surface area contributed by atoms with E-state index >= 15 is 0 Å². The second-order valence-corrected chi connectivity index (χ2v) is 0. The molecule has 1 unspecified atom stereocenters. The Bertz CT molecular complexity index is 15.5. The third-order valence-electron chi connectivity index (χ3n) is 0. The Labute approximate surface area is 85.0 Å². The Hall–Kier alpha value is 2.49. The van der Waals surface area contributed by atoms with Crippen molar-refractivity contribution in [2.75, 3.05) is 0 Å². The van der Waals surface area contributed by atoms with Crippen LogP contribution in [0.25, 0.3) is 0 Å². The van der Waals surface area contributed by atoms with Gasteiger partial charge in [-0.05, 0) is 11.0 Å². The van der Waals surface area contributed by atoms with Gasteiger partial charge >= 0.3 is 0 Å². The van der Waals surface area contributed by atoms with Gasteiger partial charge < -0.3 is 0 Å². The molecule has 0 N–H and O–H groups in total. The first-order chi connectivity index (χ1) is 0. The van der Waals surface area contributed by atoms with Crippen LogP contribution in [0.3, 0.4) is 0 Å². The van der Waals surface area contributed by atoms with Crippen molar-refractivity contribution in [2.45, 2.75) is 0 Å². The molecule has 0 amide bonds. The summed E-state index contributed by atoms with van der Waals surface area (Å²) in [5.41, 5.74) is 0. The summed E-state index contributed by atoms with van der Waals surface area (Å²) in [7, 11) is 0. The molecule has 0 nitrogen and oxygen atoms in total. The predicted octanol–water partition coefficient (Wildman–Crippen LogP) is -2.58. The number of hydrogen-bond acceptors (Lipinski definition) is 0. The van der Waals surface area contributed by atoms with E-state index in [0.29, 0.717) is 0 Å². The van der Waals surface area contributed by atoms with E-state index in [4.69, 9.17) is 0 Å². The first kappa shape index (κ1) is 76.8. The minimum atomic E-state index is 0. The van der Waals surface area contributed by atoms with Gasteiger partial charge in [0, 0.05) is 56.5 Å². The van der Waals surface area contributed by atoms with E-state index in [1.165, 1.54) is 0 Å². The van der Waals surface area contributed by atoms with Crippen LogP contribution < -0.4 is 0 Å². The van der Waals surface area contributed by atoms with Crippen molar-refractivity contribution in [1.82, 2.24) is 0 Å². The topological polar surface area (TPSA) is 0 Å². The van der Waals surface area contributed by atoms with Gasteiger partial charge in [0.2, 0.25) is 0 Å². The maximum Gasteiger partial charge on any atom is 0.0814 e. The summed E-state index contributed by atoms with van der Waals surface area (Å²) < 4.78 is 0. The fourth-order valence-corrected chi connectivity index (χ4v) is 0. The molecule has 0 aromatic heterocycles. The molecule has 0 aliphatic rings. The monoisotopic (exact) mass is 292 g/mol. The molecule has 6 heavy (non-hydrogen) atoms. The third-order valence-corrected chi connectivity index (χ3v) is 0. The van der Waals surface area contributed by atoms with Crippen LogP contribution in [0, 0.1) is 0 Å². The van der Waals surface area contributed by atoms with Crippen LogP contribution in [0.1, 0.15) is 0 Å². The Morgan fingerprint density at radius 2 is 1.00 bits per heavy atom. The first-order valence-corrected chi connectivity index (χ1v) is 0. The van der Waals surface area contributed by atoms with Crippen LogP contribution >= 0.6 is 9.90 Å². The van der Waals surface area contributed by atoms with Crippen LogP contribution in [0.5, 0.6) is 0 Å². The second kappa shape index (κ2) is 50.9. The third kappa shape index (κ3) is 31.5. The molecule has 1 atom stereocenters. The Morgan fingerprint density at radius 1 is 1.00 bits per heavy atom. The Morgan fingerprint density at radius 3 is 1.00 bits per heavy atom. The van der Waals surface area contributed by atoms with Crippen LogP contribution in [0.2, 0.25) is 0 Å². The smallest absolute Gasteiger partial charge is 0.0814 e. The molecule has 0 saturated heterocycles. The molecule has 0 aromatic rings. The van der Waals surface area contributed by atoms with E-state index in [0.717, 1.165) is 0 Å². The van der Waals surface area contributed by atoms with Crippen molar-refractivity contribution in [3.63, 3.8) is 0 Å². The molecule has 0 bridgehead atoms. The summed E-state index contributed by atoms with van der Waals surface area (Å²) in [6, 6.07) is 0. The quantitative estimate of drug-likeness (QED) is 0.340. The molecule has 0 aliphatic carbocycles. The summed E-state index contributed by atoms with van der Waals surface area (Å²) >= 11 is 0. The average Bonchev–Trinajstić information content (AvgIpc) is 0. The van der Waals surface area contributed by atoms with Gasteiger partial charge in [-0.2, -0.15) is 9.90 Å². The summed E-state index contributed by atoms with van der Waals surface area (Å²) in [5.74, 6) is 0. The number of rotatable bonds is 0. The molecule has 0 heterocycles. The predicted molar refractivity (Wildman–Crippen MR) is 32.4 cm³/mol. The van der Waals surface area contributed by atoms with E-state index in [-0.39, 0.29) is 85.8 Å². The van der Waals surface area contributed by atoms with Crippen molar-refractivity contribution in [2.24, 2.45) is 0 Å². The minimum absolute atomic E-state index is 0. The molecular weight excluding hydrogens is 282 g/mol. The van der Waals surface area contributed by atoms with Crippen molar-refractivity contribution in [1.29, 1.82) is 0 Å². The standard InChI is InChI=1S/BH3.Cu.Fe.Nb.H3P.H4Si/h1H3;;;;1H3;1H4. The van der Waals surface area contributed by atoms with Crippen LogP contribution in [0.15, 0.2) is 0 Å². The molecule has 0 rings (SSSR count). The zero-order chi connectivity index (χ0) is 0. The molecular formula is H10BCuFeNbPSi. The summed E-state index contributed by atoms with van der Waals surface area (Å²) in [4.78, 5) is 0. The van der Waals surface area contributed by atoms with Gasteiger partial charge in [0.25, 0.3) is 0 Å². The number of hydrogen-bond donors (Lipinski definition) is 0. The summed E-state index contributed by atoms with van der Waals surface area (Å²) in [5, 5.41) is 0. The first-order valence-electron chi connectivity index (χ1n) is 0. The molecule has 6 heteroatoms.